The predicted molar refractivity (Wildman–Crippen MR) is 67.7 cm³/mol. The third kappa shape index (κ3) is 4.97. The second-order valence-electron chi connectivity index (χ2n) is 5.17. The van der Waals surface area contributed by atoms with Crippen molar-refractivity contribution in [3.8, 4) is 0 Å². The molecule has 0 saturated carbocycles. The maximum Gasteiger partial charge on any atom is 0.305 e. The third-order valence-corrected chi connectivity index (χ3v) is 3.32. The summed E-state index contributed by atoms with van der Waals surface area (Å²) in [5.74, 6) is -0.0677. The fourth-order valence-corrected chi connectivity index (χ4v) is 2.27. The Labute approximate surface area is 99.8 Å². The molecule has 0 bridgehead atoms. The number of rotatable bonds is 8. The lowest BCUT2D eigenvalue weighted by atomic mass is 9.87. The SMILES string of the molecule is CCN(CC)C(C)(CCC(C)C)CC(=O)O. The normalized spacial score (nSPS) is 15.4. The van der Waals surface area contributed by atoms with Crippen LogP contribution >= 0.6 is 0 Å². The van der Waals surface area contributed by atoms with Crippen molar-refractivity contribution in [2.75, 3.05) is 13.1 Å². The Morgan fingerprint density at radius 3 is 2.12 bits per heavy atom. The van der Waals surface area contributed by atoms with E-state index in [0.29, 0.717) is 5.92 Å². The second-order valence-corrected chi connectivity index (χ2v) is 5.17. The fraction of sp³-hybridized carbons (Fsp3) is 0.923. The molecule has 0 rings (SSSR count). The van der Waals surface area contributed by atoms with Crippen molar-refractivity contribution in [2.45, 2.75) is 59.4 Å². The van der Waals surface area contributed by atoms with Crippen LogP contribution in [-0.2, 0) is 4.79 Å². The maximum atomic E-state index is 11.0. The molecule has 0 radical (unpaired) electrons. The monoisotopic (exact) mass is 229 g/mol. The van der Waals surface area contributed by atoms with Gasteiger partial charge in [0.25, 0.3) is 0 Å². The van der Waals surface area contributed by atoms with Crippen LogP contribution in [0.15, 0.2) is 0 Å². The van der Waals surface area contributed by atoms with E-state index in [1.165, 1.54) is 0 Å². The van der Waals surface area contributed by atoms with E-state index in [4.69, 9.17) is 5.11 Å². The van der Waals surface area contributed by atoms with Gasteiger partial charge >= 0.3 is 5.97 Å². The average molecular weight is 229 g/mol. The van der Waals surface area contributed by atoms with E-state index >= 15 is 0 Å². The Kier molecular flexibility index (Phi) is 6.65. The van der Waals surface area contributed by atoms with E-state index in [9.17, 15) is 4.79 Å². The number of nitrogens with zero attached hydrogens (tertiary/aromatic N) is 1. The zero-order chi connectivity index (χ0) is 12.8. The first-order valence-corrected chi connectivity index (χ1v) is 6.32. The highest BCUT2D eigenvalue weighted by molar-refractivity contribution is 5.68. The minimum absolute atomic E-state index is 0.195. The number of carboxylic acids is 1. The van der Waals surface area contributed by atoms with E-state index in [-0.39, 0.29) is 12.0 Å². The summed E-state index contributed by atoms with van der Waals surface area (Å²) in [4.78, 5) is 13.2. The summed E-state index contributed by atoms with van der Waals surface area (Å²) in [6, 6.07) is 0. The van der Waals surface area contributed by atoms with Crippen LogP contribution in [0.5, 0.6) is 0 Å². The van der Waals surface area contributed by atoms with Crippen LogP contribution in [0.2, 0.25) is 0 Å². The molecule has 0 aromatic rings. The van der Waals surface area contributed by atoms with E-state index in [1.807, 2.05) is 0 Å². The van der Waals surface area contributed by atoms with Gasteiger partial charge in [-0.25, -0.2) is 0 Å². The summed E-state index contributed by atoms with van der Waals surface area (Å²) in [5.41, 5.74) is -0.195. The van der Waals surface area contributed by atoms with Gasteiger partial charge in [0.2, 0.25) is 0 Å². The summed E-state index contributed by atoms with van der Waals surface area (Å²) in [7, 11) is 0. The lowest BCUT2D eigenvalue weighted by molar-refractivity contribution is -0.140. The van der Waals surface area contributed by atoms with Crippen molar-refractivity contribution < 1.29 is 9.90 Å². The molecule has 0 spiro atoms. The van der Waals surface area contributed by atoms with Crippen molar-refractivity contribution in [1.29, 1.82) is 0 Å². The number of hydrogen-bond acceptors (Lipinski definition) is 2. The van der Waals surface area contributed by atoms with Gasteiger partial charge in [-0.3, -0.25) is 9.69 Å². The van der Waals surface area contributed by atoms with Gasteiger partial charge in [-0.2, -0.15) is 0 Å². The maximum absolute atomic E-state index is 11.0. The number of carbonyl (C=O) groups is 1. The summed E-state index contributed by atoms with van der Waals surface area (Å²) < 4.78 is 0. The third-order valence-electron chi connectivity index (χ3n) is 3.32. The zero-order valence-electron chi connectivity index (χ0n) is 11.4. The lowest BCUT2D eigenvalue weighted by Gasteiger charge is -2.40. The van der Waals surface area contributed by atoms with E-state index in [2.05, 4.69) is 39.5 Å². The average Bonchev–Trinajstić information content (AvgIpc) is 2.15. The highest BCUT2D eigenvalue weighted by Gasteiger charge is 2.32. The standard InChI is InChI=1S/C13H27NO2/c1-6-14(7-2)13(5,10-12(15)16)9-8-11(3)4/h11H,6-10H2,1-5H3,(H,15,16). The molecule has 0 aliphatic carbocycles. The summed E-state index contributed by atoms with van der Waals surface area (Å²) in [5, 5.41) is 9.03. The molecule has 0 amide bonds. The summed E-state index contributed by atoms with van der Waals surface area (Å²) >= 11 is 0. The molecule has 16 heavy (non-hydrogen) atoms. The Hall–Kier alpha value is -0.570. The summed E-state index contributed by atoms with van der Waals surface area (Å²) in [6.07, 6.45) is 2.28. The quantitative estimate of drug-likeness (QED) is 0.695. The van der Waals surface area contributed by atoms with Crippen LogP contribution in [0, 0.1) is 5.92 Å². The van der Waals surface area contributed by atoms with E-state index in [1.54, 1.807) is 0 Å². The number of aliphatic carboxylic acids is 1. The lowest BCUT2D eigenvalue weighted by Crippen LogP contribution is -2.47. The molecule has 0 fully saturated rings. The molecular formula is C13H27NO2. The van der Waals surface area contributed by atoms with Crippen LogP contribution in [-0.4, -0.2) is 34.6 Å². The minimum Gasteiger partial charge on any atom is -0.481 e. The number of hydrogen-bond donors (Lipinski definition) is 1. The largest absolute Gasteiger partial charge is 0.481 e. The van der Waals surface area contributed by atoms with Gasteiger partial charge in [-0.1, -0.05) is 27.7 Å². The molecule has 0 aromatic carbocycles. The molecule has 0 heterocycles. The van der Waals surface area contributed by atoms with Gasteiger partial charge < -0.3 is 5.11 Å². The second kappa shape index (κ2) is 6.89. The number of carboxylic acid groups (broad SMARTS) is 1. The van der Waals surface area contributed by atoms with Crippen molar-refractivity contribution in [3.05, 3.63) is 0 Å². The van der Waals surface area contributed by atoms with Crippen LogP contribution in [0.25, 0.3) is 0 Å². The molecule has 3 heteroatoms. The Morgan fingerprint density at radius 1 is 1.31 bits per heavy atom. The molecule has 1 unspecified atom stereocenters. The van der Waals surface area contributed by atoms with Gasteiger partial charge in [0.15, 0.2) is 0 Å². The molecular weight excluding hydrogens is 202 g/mol. The first-order chi connectivity index (χ1) is 7.35. The predicted octanol–water partition coefficient (Wildman–Crippen LogP) is 3.00. The Balaban J connectivity index is 4.64. The first-order valence-electron chi connectivity index (χ1n) is 6.32. The topological polar surface area (TPSA) is 40.5 Å². The molecule has 3 nitrogen and oxygen atoms in total. The fourth-order valence-electron chi connectivity index (χ4n) is 2.27. The molecule has 1 atom stereocenters. The first kappa shape index (κ1) is 15.4. The van der Waals surface area contributed by atoms with Crippen LogP contribution in [0.1, 0.15) is 53.9 Å². The van der Waals surface area contributed by atoms with Crippen LogP contribution in [0.3, 0.4) is 0 Å². The smallest absolute Gasteiger partial charge is 0.305 e. The van der Waals surface area contributed by atoms with Gasteiger partial charge in [0.05, 0.1) is 6.42 Å². The Morgan fingerprint density at radius 2 is 1.81 bits per heavy atom. The molecule has 0 aromatic heterocycles. The van der Waals surface area contributed by atoms with Crippen LogP contribution < -0.4 is 0 Å². The summed E-state index contributed by atoms with van der Waals surface area (Å²) in [6.45, 7) is 12.5. The van der Waals surface area contributed by atoms with E-state index < -0.39 is 5.97 Å². The molecule has 96 valence electrons. The molecule has 0 aliphatic heterocycles. The van der Waals surface area contributed by atoms with Gasteiger partial charge in [-0.15, -0.1) is 0 Å². The highest BCUT2D eigenvalue weighted by atomic mass is 16.4. The molecule has 0 aliphatic rings. The van der Waals surface area contributed by atoms with E-state index in [0.717, 1.165) is 25.9 Å². The van der Waals surface area contributed by atoms with Crippen molar-refractivity contribution in [2.24, 2.45) is 5.92 Å². The van der Waals surface area contributed by atoms with Crippen molar-refractivity contribution in [1.82, 2.24) is 4.90 Å². The van der Waals surface area contributed by atoms with Crippen molar-refractivity contribution in [3.63, 3.8) is 0 Å². The highest BCUT2D eigenvalue weighted by Crippen LogP contribution is 2.27. The van der Waals surface area contributed by atoms with Crippen LogP contribution in [0.4, 0.5) is 0 Å². The molecule has 1 N–H and O–H groups in total. The van der Waals surface area contributed by atoms with Gasteiger partial charge in [0.1, 0.15) is 0 Å². The zero-order valence-corrected chi connectivity index (χ0v) is 11.4. The van der Waals surface area contributed by atoms with Gasteiger partial charge in [-0.05, 0) is 38.8 Å². The minimum atomic E-state index is -0.696. The molecule has 0 saturated heterocycles. The van der Waals surface area contributed by atoms with Gasteiger partial charge in [0, 0.05) is 5.54 Å². The Bertz CT molecular complexity index is 212. The van der Waals surface area contributed by atoms with Crippen molar-refractivity contribution >= 4 is 5.97 Å².